The molecule has 1 aliphatic carbocycles. The summed E-state index contributed by atoms with van der Waals surface area (Å²) in [5.41, 5.74) is 9.95. The summed E-state index contributed by atoms with van der Waals surface area (Å²) in [6.07, 6.45) is 1.75. The lowest BCUT2D eigenvalue weighted by Crippen LogP contribution is -2.03. The van der Waals surface area contributed by atoms with Gasteiger partial charge in [-0.2, -0.15) is 10.5 Å². The smallest absolute Gasteiger partial charge is 0.288 e. The van der Waals surface area contributed by atoms with Crippen LogP contribution >= 0.6 is 11.6 Å². The minimum Gasteiger partial charge on any atom is -0.457 e. The Balaban J connectivity index is 1.84. The van der Waals surface area contributed by atoms with Gasteiger partial charge >= 0.3 is 0 Å². The topological polar surface area (TPSA) is 143 Å². The fraction of sp³-hybridized carbons (Fsp3) is 0.0870. The number of nitro groups is 1. The maximum Gasteiger partial charge on any atom is 0.288 e. The van der Waals surface area contributed by atoms with E-state index in [0.29, 0.717) is 50.6 Å². The maximum atomic E-state index is 11.2. The summed E-state index contributed by atoms with van der Waals surface area (Å²) >= 11 is 5.89. The molecule has 0 radical (unpaired) electrons. The average molecular weight is 444 g/mol. The summed E-state index contributed by atoms with van der Waals surface area (Å²) in [7, 11) is 0. The van der Waals surface area contributed by atoms with E-state index in [0.717, 1.165) is 0 Å². The van der Waals surface area contributed by atoms with E-state index in [1.54, 1.807) is 38.1 Å². The number of halogens is 1. The van der Waals surface area contributed by atoms with Gasteiger partial charge in [-0.25, -0.2) is 4.98 Å². The largest absolute Gasteiger partial charge is 0.457 e. The SMILES string of the molecule is CC1=C(C#N)c2nc(N)c(C#N)c(C)c2/C1=C/c1ccc(-c2ccc(Cl)c([N+](=O)[O-])c2)o1. The molecule has 1 aromatic carbocycles. The van der Waals surface area contributed by atoms with Crippen LogP contribution in [0.1, 0.15) is 35.1 Å². The van der Waals surface area contributed by atoms with Gasteiger partial charge in [-0.3, -0.25) is 10.1 Å². The van der Waals surface area contributed by atoms with Crippen molar-refractivity contribution in [1.82, 2.24) is 4.98 Å². The Bertz CT molecular complexity index is 1470. The molecule has 0 saturated carbocycles. The standard InChI is InChI=1S/C23H14ClN5O3/c1-11-15(21-12(2)17(10-26)23(27)28-22(21)16(11)9-25)8-14-4-6-20(32-14)13-3-5-18(24)19(7-13)29(30)31/h3-8H,1-2H3,(H2,27,28)/b15-8+. The van der Waals surface area contributed by atoms with E-state index in [-0.39, 0.29) is 22.1 Å². The van der Waals surface area contributed by atoms with Gasteiger partial charge in [0, 0.05) is 17.2 Å². The van der Waals surface area contributed by atoms with Crippen LogP contribution in [0.25, 0.3) is 28.5 Å². The Kier molecular flexibility index (Phi) is 5.01. The molecule has 156 valence electrons. The molecule has 0 spiro atoms. The number of hydrogen-bond donors (Lipinski definition) is 1. The van der Waals surface area contributed by atoms with Crippen LogP contribution in [0.4, 0.5) is 11.5 Å². The first-order valence-electron chi connectivity index (χ1n) is 9.35. The number of hydrogen-bond acceptors (Lipinski definition) is 7. The summed E-state index contributed by atoms with van der Waals surface area (Å²) in [6, 6.07) is 12.0. The first kappa shape index (κ1) is 20.9. The number of benzene rings is 1. The Labute approximate surface area is 187 Å². The van der Waals surface area contributed by atoms with Crippen LogP contribution < -0.4 is 5.73 Å². The average Bonchev–Trinajstić information content (AvgIpc) is 3.31. The Morgan fingerprint density at radius 1 is 1.22 bits per heavy atom. The minimum absolute atomic E-state index is 0.0375. The van der Waals surface area contributed by atoms with Crippen LogP contribution in [0.3, 0.4) is 0 Å². The van der Waals surface area contributed by atoms with Gasteiger partial charge in [-0.15, -0.1) is 0 Å². The third-order valence-electron chi connectivity index (χ3n) is 5.32. The number of allylic oxidation sites excluding steroid dienone is 3. The predicted octanol–water partition coefficient (Wildman–Crippen LogP) is 5.52. The van der Waals surface area contributed by atoms with Gasteiger partial charge in [0.15, 0.2) is 0 Å². The molecule has 0 unspecified atom stereocenters. The lowest BCUT2D eigenvalue weighted by molar-refractivity contribution is -0.384. The molecule has 0 atom stereocenters. The third kappa shape index (κ3) is 3.20. The number of fused-ring (bicyclic) bond motifs is 1. The molecule has 8 nitrogen and oxygen atoms in total. The van der Waals surface area contributed by atoms with Gasteiger partial charge < -0.3 is 10.2 Å². The number of anilines is 1. The van der Waals surface area contributed by atoms with Gasteiger partial charge in [-0.05, 0) is 60.9 Å². The lowest BCUT2D eigenvalue weighted by Gasteiger charge is -2.10. The van der Waals surface area contributed by atoms with Crippen LogP contribution in [0.2, 0.25) is 5.02 Å². The minimum atomic E-state index is -0.557. The normalized spacial score (nSPS) is 13.7. The van der Waals surface area contributed by atoms with Crippen molar-refractivity contribution in [2.45, 2.75) is 13.8 Å². The Morgan fingerprint density at radius 3 is 2.62 bits per heavy atom. The molecule has 0 fully saturated rings. The lowest BCUT2D eigenvalue weighted by atomic mass is 9.96. The number of pyridine rings is 1. The molecule has 4 rings (SSSR count). The molecule has 1 aliphatic rings. The number of nitrogens with two attached hydrogens (primary N) is 1. The number of nitrogens with zero attached hydrogens (tertiary/aromatic N) is 4. The van der Waals surface area contributed by atoms with E-state index in [4.69, 9.17) is 21.8 Å². The van der Waals surface area contributed by atoms with Gasteiger partial charge in [-0.1, -0.05) is 11.6 Å². The number of nitrogen functional groups attached to an aromatic ring is 1. The monoisotopic (exact) mass is 443 g/mol. The molecule has 2 aromatic heterocycles. The van der Waals surface area contributed by atoms with E-state index >= 15 is 0 Å². The molecule has 32 heavy (non-hydrogen) atoms. The van der Waals surface area contributed by atoms with Crippen LogP contribution in [-0.4, -0.2) is 9.91 Å². The second-order valence-electron chi connectivity index (χ2n) is 7.13. The second-order valence-corrected chi connectivity index (χ2v) is 7.53. The summed E-state index contributed by atoms with van der Waals surface area (Å²) in [5.74, 6) is 0.962. The molecule has 0 amide bonds. The van der Waals surface area contributed by atoms with Crippen molar-refractivity contribution in [2.75, 3.05) is 5.73 Å². The third-order valence-corrected chi connectivity index (χ3v) is 5.64. The summed E-state index contributed by atoms with van der Waals surface area (Å²) in [5, 5.41) is 30.3. The molecule has 3 aromatic rings. The molecule has 0 aliphatic heterocycles. The fourth-order valence-electron chi connectivity index (χ4n) is 3.73. The second kappa shape index (κ2) is 7.69. The number of aromatic nitrogens is 1. The van der Waals surface area contributed by atoms with Gasteiger partial charge in [0.05, 0.1) is 21.8 Å². The van der Waals surface area contributed by atoms with E-state index < -0.39 is 4.92 Å². The van der Waals surface area contributed by atoms with Crippen molar-refractivity contribution in [3.05, 3.63) is 79.2 Å². The number of rotatable bonds is 3. The van der Waals surface area contributed by atoms with E-state index in [1.807, 2.05) is 0 Å². The van der Waals surface area contributed by atoms with Crippen molar-refractivity contribution in [3.8, 4) is 23.5 Å². The zero-order chi connectivity index (χ0) is 23.2. The molecule has 0 bridgehead atoms. The van der Waals surface area contributed by atoms with Crippen molar-refractivity contribution >= 4 is 40.3 Å². The van der Waals surface area contributed by atoms with Crippen LogP contribution in [0, 0.1) is 39.7 Å². The van der Waals surface area contributed by atoms with Crippen LogP contribution in [-0.2, 0) is 0 Å². The first-order chi connectivity index (χ1) is 15.3. The molecule has 0 saturated heterocycles. The highest BCUT2D eigenvalue weighted by Crippen LogP contribution is 2.44. The van der Waals surface area contributed by atoms with Crippen molar-refractivity contribution < 1.29 is 9.34 Å². The summed E-state index contributed by atoms with van der Waals surface area (Å²) in [4.78, 5) is 14.9. The highest BCUT2D eigenvalue weighted by molar-refractivity contribution is 6.32. The maximum absolute atomic E-state index is 11.2. The van der Waals surface area contributed by atoms with E-state index in [9.17, 15) is 20.6 Å². The predicted molar refractivity (Wildman–Crippen MR) is 120 cm³/mol. The number of nitriles is 2. The highest BCUT2D eigenvalue weighted by Gasteiger charge is 2.30. The molecule has 2 heterocycles. The molecular weight excluding hydrogens is 430 g/mol. The first-order valence-corrected chi connectivity index (χ1v) is 9.72. The summed E-state index contributed by atoms with van der Waals surface area (Å²) < 4.78 is 5.90. The van der Waals surface area contributed by atoms with Crippen molar-refractivity contribution in [1.29, 1.82) is 10.5 Å². The summed E-state index contributed by atoms with van der Waals surface area (Å²) in [6.45, 7) is 3.55. The quantitative estimate of drug-likeness (QED) is 0.414. The highest BCUT2D eigenvalue weighted by atomic mass is 35.5. The van der Waals surface area contributed by atoms with Gasteiger partial charge in [0.25, 0.3) is 5.69 Å². The van der Waals surface area contributed by atoms with Crippen LogP contribution in [0.5, 0.6) is 0 Å². The number of nitro benzene ring substituents is 1. The zero-order valence-electron chi connectivity index (χ0n) is 16.9. The van der Waals surface area contributed by atoms with Crippen molar-refractivity contribution in [3.63, 3.8) is 0 Å². The van der Waals surface area contributed by atoms with Gasteiger partial charge in [0.2, 0.25) is 0 Å². The van der Waals surface area contributed by atoms with Crippen molar-refractivity contribution in [2.24, 2.45) is 0 Å². The van der Waals surface area contributed by atoms with Crippen LogP contribution in [0.15, 0.2) is 40.3 Å². The van der Waals surface area contributed by atoms with Gasteiger partial charge in [0.1, 0.15) is 34.5 Å². The fourth-order valence-corrected chi connectivity index (χ4v) is 3.92. The molecule has 2 N–H and O–H groups in total. The van der Waals surface area contributed by atoms with E-state index in [2.05, 4.69) is 17.1 Å². The molecular formula is C23H14ClN5O3. The van der Waals surface area contributed by atoms with E-state index in [1.165, 1.54) is 12.1 Å². The number of furan rings is 1. The zero-order valence-corrected chi connectivity index (χ0v) is 17.7. The molecule has 9 heteroatoms. The Morgan fingerprint density at radius 2 is 1.97 bits per heavy atom. The Hall–Kier alpha value is -4.40.